The molecule has 0 spiro atoms. The number of nitrogens with zero attached hydrogens (tertiary/aromatic N) is 1. The summed E-state index contributed by atoms with van der Waals surface area (Å²) >= 11 is 0. The van der Waals surface area contributed by atoms with Crippen LogP contribution in [0.4, 0.5) is 0 Å². The van der Waals surface area contributed by atoms with Gasteiger partial charge in [0.25, 0.3) is 0 Å². The molecule has 1 N–H and O–H groups in total. The van der Waals surface area contributed by atoms with Crippen LogP contribution in [0.5, 0.6) is 0 Å². The minimum atomic E-state index is -0.689. The number of hydrogen-bond donors (Lipinski definition) is 1. The van der Waals surface area contributed by atoms with Crippen molar-refractivity contribution in [3.63, 3.8) is 0 Å². The summed E-state index contributed by atoms with van der Waals surface area (Å²) in [6.07, 6.45) is 3.89. The minimum Gasteiger partial charge on any atom is -0.378 e. The first-order valence-corrected chi connectivity index (χ1v) is 8.22. The van der Waals surface area contributed by atoms with Gasteiger partial charge in [0.15, 0.2) is 0 Å². The zero-order chi connectivity index (χ0) is 15.2. The van der Waals surface area contributed by atoms with E-state index in [4.69, 9.17) is 4.74 Å². The summed E-state index contributed by atoms with van der Waals surface area (Å²) in [7, 11) is 0. The van der Waals surface area contributed by atoms with Crippen molar-refractivity contribution < 1.29 is 14.3 Å². The molecule has 0 aromatic carbocycles. The third kappa shape index (κ3) is 2.45. The minimum absolute atomic E-state index is 0.0121. The highest BCUT2D eigenvalue weighted by Gasteiger charge is 2.55. The van der Waals surface area contributed by atoms with Crippen LogP contribution in [-0.2, 0) is 14.3 Å². The number of amides is 2. The number of carbonyl (C=O) groups excluding carboxylic acids is 2. The average Bonchev–Trinajstić information content (AvgIpc) is 3.22. The Morgan fingerprint density at radius 1 is 1.33 bits per heavy atom. The Morgan fingerprint density at radius 2 is 2.05 bits per heavy atom. The second-order valence-corrected chi connectivity index (χ2v) is 6.97. The second-order valence-electron chi connectivity index (χ2n) is 6.97. The lowest BCUT2D eigenvalue weighted by Crippen LogP contribution is -2.70. The lowest BCUT2D eigenvalue weighted by Gasteiger charge is -2.45. The zero-order valence-corrected chi connectivity index (χ0v) is 13.2. The first-order valence-electron chi connectivity index (χ1n) is 8.22. The SMILES string of the molecule is CCC1C(=O)NC(C)(C2CC2)C(=O)N1CC1CCOC1C. The Labute approximate surface area is 126 Å². The van der Waals surface area contributed by atoms with E-state index >= 15 is 0 Å². The molecular weight excluding hydrogens is 268 g/mol. The van der Waals surface area contributed by atoms with Crippen LogP contribution in [0.15, 0.2) is 0 Å². The van der Waals surface area contributed by atoms with Gasteiger partial charge in [0.05, 0.1) is 6.10 Å². The highest BCUT2D eigenvalue weighted by Crippen LogP contribution is 2.42. The Bertz CT molecular complexity index is 449. The molecule has 2 heterocycles. The van der Waals surface area contributed by atoms with Crippen molar-refractivity contribution in [3.8, 4) is 0 Å². The molecule has 2 aliphatic heterocycles. The molecule has 0 bridgehead atoms. The fraction of sp³-hybridized carbons (Fsp3) is 0.875. The third-order valence-electron chi connectivity index (χ3n) is 5.51. The molecule has 5 heteroatoms. The molecule has 3 rings (SSSR count). The largest absolute Gasteiger partial charge is 0.378 e. The van der Waals surface area contributed by atoms with E-state index < -0.39 is 5.54 Å². The van der Waals surface area contributed by atoms with Crippen molar-refractivity contribution in [2.24, 2.45) is 11.8 Å². The smallest absolute Gasteiger partial charge is 0.249 e. The summed E-state index contributed by atoms with van der Waals surface area (Å²) in [5, 5.41) is 3.01. The van der Waals surface area contributed by atoms with Gasteiger partial charge in [0.1, 0.15) is 11.6 Å². The van der Waals surface area contributed by atoms with Crippen LogP contribution < -0.4 is 5.32 Å². The Morgan fingerprint density at radius 3 is 2.57 bits per heavy atom. The Kier molecular flexibility index (Phi) is 3.72. The van der Waals surface area contributed by atoms with E-state index in [1.54, 1.807) is 0 Å². The highest BCUT2D eigenvalue weighted by atomic mass is 16.5. The van der Waals surface area contributed by atoms with Crippen molar-refractivity contribution >= 4 is 11.8 Å². The molecule has 4 unspecified atom stereocenters. The van der Waals surface area contributed by atoms with E-state index in [0.717, 1.165) is 25.9 Å². The predicted octanol–water partition coefficient (Wildman–Crippen LogP) is 1.32. The van der Waals surface area contributed by atoms with Crippen molar-refractivity contribution in [1.82, 2.24) is 10.2 Å². The standard InChI is InChI=1S/C16H26N2O3/c1-4-13-14(19)17-16(3,12-5-6-12)15(20)18(13)9-11-7-8-21-10(11)2/h10-13H,4-9H2,1-3H3,(H,17,19). The molecule has 0 radical (unpaired) electrons. The molecule has 21 heavy (non-hydrogen) atoms. The number of carbonyl (C=O) groups is 2. The van der Waals surface area contributed by atoms with E-state index in [1.165, 1.54) is 0 Å². The van der Waals surface area contributed by atoms with E-state index in [0.29, 0.717) is 24.8 Å². The summed E-state index contributed by atoms with van der Waals surface area (Å²) < 4.78 is 5.61. The van der Waals surface area contributed by atoms with Crippen LogP contribution in [0.1, 0.15) is 46.5 Å². The van der Waals surface area contributed by atoms with Gasteiger partial charge in [-0.3, -0.25) is 9.59 Å². The number of hydrogen-bond acceptors (Lipinski definition) is 3. The fourth-order valence-corrected chi connectivity index (χ4v) is 3.80. The summed E-state index contributed by atoms with van der Waals surface area (Å²) in [5.74, 6) is 0.775. The normalized spacial score (nSPS) is 40.5. The Hall–Kier alpha value is -1.10. The number of piperazine rings is 1. The Balaban J connectivity index is 1.82. The average molecular weight is 294 g/mol. The van der Waals surface area contributed by atoms with Crippen molar-refractivity contribution in [1.29, 1.82) is 0 Å². The number of rotatable bonds is 4. The summed E-state index contributed by atoms with van der Waals surface area (Å²) in [5.41, 5.74) is -0.689. The van der Waals surface area contributed by atoms with Crippen LogP contribution in [0.2, 0.25) is 0 Å². The highest BCUT2D eigenvalue weighted by molar-refractivity contribution is 6.00. The molecule has 118 valence electrons. The first-order chi connectivity index (χ1) is 9.97. The van der Waals surface area contributed by atoms with Gasteiger partial charge in [0, 0.05) is 19.1 Å². The molecule has 4 atom stereocenters. The third-order valence-corrected chi connectivity index (χ3v) is 5.51. The molecule has 2 saturated heterocycles. The van der Waals surface area contributed by atoms with Crippen LogP contribution in [0.25, 0.3) is 0 Å². The van der Waals surface area contributed by atoms with Gasteiger partial charge in [-0.25, -0.2) is 0 Å². The van der Waals surface area contributed by atoms with Gasteiger partial charge in [-0.2, -0.15) is 0 Å². The van der Waals surface area contributed by atoms with E-state index in [1.807, 2.05) is 18.7 Å². The van der Waals surface area contributed by atoms with Gasteiger partial charge in [0.2, 0.25) is 11.8 Å². The summed E-state index contributed by atoms with van der Waals surface area (Å²) in [6, 6.07) is -0.322. The van der Waals surface area contributed by atoms with Crippen LogP contribution in [-0.4, -0.2) is 47.6 Å². The van der Waals surface area contributed by atoms with Crippen molar-refractivity contribution in [2.45, 2.75) is 64.1 Å². The van der Waals surface area contributed by atoms with Gasteiger partial charge in [-0.05, 0) is 45.4 Å². The number of ether oxygens (including phenoxy) is 1. The molecule has 2 amide bonds. The molecule has 3 aliphatic rings. The van der Waals surface area contributed by atoms with Gasteiger partial charge < -0.3 is 15.0 Å². The second kappa shape index (κ2) is 5.27. The summed E-state index contributed by atoms with van der Waals surface area (Å²) in [6.45, 7) is 7.34. The lowest BCUT2D eigenvalue weighted by molar-refractivity contribution is -0.156. The quantitative estimate of drug-likeness (QED) is 0.850. The monoisotopic (exact) mass is 294 g/mol. The fourth-order valence-electron chi connectivity index (χ4n) is 3.80. The maximum absolute atomic E-state index is 13.0. The maximum Gasteiger partial charge on any atom is 0.249 e. The van der Waals surface area contributed by atoms with Crippen molar-refractivity contribution in [2.75, 3.05) is 13.2 Å². The van der Waals surface area contributed by atoms with E-state index in [-0.39, 0.29) is 24.0 Å². The predicted molar refractivity (Wildman–Crippen MR) is 78.6 cm³/mol. The topological polar surface area (TPSA) is 58.6 Å². The molecule has 0 aromatic rings. The molecular formula is C16H26N2O3. The molecule has 3 fully saturated rings. The van der Waals surface area contributed by atoms with Crippen LogP contribution >= 0.6 is 0 Å². The van der Waals surface area contributed by atoms with E-state index in [2.05, 4.69) is 12.2 Å². The van der Waals surface area contributed by atoms with Crippen molar-refractivity contribution in [3.05, 3.63) is 0 Å². The summed E-state index contributed by atoms with van der Waals surface area (Å²) in [4.78, 5) is 27.3. The first kappa shape index (κ1) is 14.8. The van der Waals surface area contributed by atoms with Gasteiger partial charge in [-0.1, -0.05) is 6.92 Å². The lowest BCUT2D eigenvalue weighted by atomic mass is 9.87. The van der Waals surface area contributed by atoms with Crippen LogP contribution in [0.3, 0.4) is 0 Å². The number of nitrogens with one attached hydrogen (secondary N) is 1. The zero-order valence-electron chi connectivity index (χ0n) is 13.2. The van der Waals surface area contributed by atoms with E-state index in [9.17, 15) is 9.59 Å². The maximum atomic E-state index is 13.0. The molecule has 1 aliphatic carbocycles. The van der Waals surface area contributed by atoms with Gasteiger partial charge in [-0.15, -0.1) is 0 Å². The molecule has 1 saturated carbocycles. The molecule has 0 aromatic heterocycles. The van der Waals surface area contributed by atoms with Gasteiger partial charge >= 0.3 is 0 Å². The van der Waals surface area contributed by atoms with Crippen LogP contribution in [0, 0.1) is 11.8 Å². The molecule has 5 nitrogen and oxygen atoms in total.